The molecule has 322 valence electrons. The molecule has 14 aromatic rings. The van der Waals surface area contributed by atoms with Crippen LogP contribution >= 0.6 is 11.3 Å². The van der Waals surface area contributed by atoms with Crippen molar-refractivity contribution in [2.24, 2.45) is 0 Å². The van der Waals surface area contributed by atoms with E-state index in [1.165, 1.54) is 58.5 Å². The van der Waals surface area contributed by atoms with E-state index in [0.717, 1.165) is 55.6 Å². The average molecular weight is 898 g/mol. The van der Waals surface area contributed by atoms with Crippen LogP contribution in [0.4, 0.5) is 0 Å². The summed E-state index contributed by atoms with van der Waals surface area (Å²) in [5.41, 5.74) is 14.1. The third-order valence-corrected chi connectivity index (χ3v) is 14.7. The Hall–Kier alpha value is -8.97. The third kappa shape index (κ3) is 6.27. The van der Waals surface area contributed by atoms with Gasteiger partial charge in [-0.2, -0.15) is 0 Å². The van der Waals surface area contributed by atoms with Crippen LogP contribution in [0.2, 0.25) is 0 Å². The first kappa shape index (κ1) is 39.2. The number of hydrogen-bond donors (Lipinski definition) is 0. The lowest BCUT2D eigenvalue weighted by Crippen LogP contribution is -2.03. The van der Waals surface area contributed by atoms with Gasteiger partial charge in [-0.1, -0.05) is 170 Å². The van der Waals surface area contributed by atoms with E-state index in [1.807, 2.05) is 6.07 Å². The SMILES string of the molecule is c1ccc(-c2cccc(-c3nc(-c4ccccc4-n4c5ccccc5c5c(-c6cccc7c6c6ccccc6n7-c6ccccc6)cccc54)nc(-c4cccc5sc6ccccc6c45)n3)c2)cc1. The van der Waals surface area contributed by atoms with Gasteiger partial charge in [0.05, 0.1) is 27.8 Å². The normalized spacial score (nSPS) is 11.8. The minimum Gasteiger partial charge on any atom is -0.309 e. The lowest BCUT2D eigenvalue weighted by atomic mass is 9.95. The van der Waals surface area contributed by atoms with Crippen molar-refractivity contribution < 1.29 is 0 Å². The van der Waals surface area contributed by atoms with Crippen LogP contribution in [0.5, 0.6) is 0 Å². The van der Waals surface area contributed by atoms with Gasteiger partial charge in [0.2, 0.25) is 0 Å². The summed E-state index contributed by atoms with van der Waals surface area (Å²) in [5.74, 6) is 1.86. The zero-order chi connectivity index (χ0) is 45.4. The molecule has 0 aliphatic rings. The molecule has 6 heteroatoms. The number of hydrogen-bond acceptors (Lipinski definition) is 4. The quantitative estimate of drug-likeness (QED) is 0.160. The van der Waals surface area contributed by atoms with E-state index in [-0.39, 0.29) is 0 Å². The van der Waals surface area contributed by atoms with E-state index < -0.39 is 0 Å². The van der Waals surface area contributed by atoms with E-state index in [0.29, 0.717) is 17.5 Å². The molecule has 0 fully saturated rings. The molecule has 0 bridgehead atoms. The first-order valence-corrected chi connectivity index (χ1v) is 24.1. The summed E-state index contributed by atoms with van der Waals surface area (Å²) in [7, 11) is 0. The molecule has 0 spiro atoms. The van der Waals surface area contributed by atoms with Gasteiger partial charge in [0.1, 0.15) is 0 Å². The summed E-state index contributed by atoms with van der Waals surface area (Å²) in [6.45, 7) is 0. The standard InChI is InChI=1S/C63H39N5S/c1-3-19-40(20-4-1)41-21-15-22-42(39-41)61-64-62(66-63(65-61)50-31-18-38-57-60(50)49-28-10-14-37-56(49)69-57)48-27-9-13-34-53(48)68-52-33-12-8-26-47(52)59-45(30-17-36-55(59)68)44-29-16-35-54-58(44)46-25-7-11-32-51(46)67(54)43-23-5-2-6-24-43/h1-39H. The topological polar surface area (TPSA) is 48.5 Å². The molecule has 0 amide bonds. The monoisotopic (exact) mass is 897 g/mol. The fourth-order valence-corrected chi connectivity index (χ4v) is 11.8. The minimum absolute atomic E-state index is 0.604. The van der Waals surface area contributed by atoms with Crippen LogP contribution in [0.3, 0.4) is 0 Å². The Bertz CT molecular complexity index is 4320. The Kier molecular flexibility index (Phi) is 9.00. The van der Waals surface area contributed by atoms with Crippen molar-refractivity contribution in [2.45, 2.75) is 0 Å². The van der Waals surface area contributed by atoms with Crippen LogP contribution in [-0.2, 0) is 0 Å². The molecule has 0 saturated heterocycles. The van der Waals surface area contributed by atoms with Crippen LogP contribution in [0.15, 0.2) is 237 Å². The van der Waals surface area contributed by atoms with Gasteiger partial charge in [-0.25, -0.2) is 15.0 Å². The van der Waals surface area contributed by atoms with E-state index >= 15 is 0 Å². The van der Waals surface area contributed by atoms with Crippen molar-refractivity contribution in [3.63, 3.8) is 0 Å². The first-order chi connectivity index (χ1) is 34.2. The first-order valence-electron chi connectivity index (χ1n) is 23.3. The summed E-state index contributed by atoms with van der Waals surface area (Å²) < 4.78 is 7.23. The largest absolute Gasteiger partial charge is 0.309 e. The molecule has 0 aliphatic carbocycles. The summed E-state index contributed by atoms with van der Waals surface area (Å²) in [5, 5.41) is 7.18. The maximum atomic E-state index is 5.47. The highest BCUT2D eigenvalue weighted by atomic mass is 32.1. The Morgan fingerprint density at radius 2 is 0.768 bits per heavy atom. The number of thiophene rings is 1. The zero-order valence-electron chi connectivity index (χ0n) is 37.2. The molecule has 0 atom stereocenters. The Morgan fingerprint density at radius 3 is 1.52 bits per heavy atom. The van der Waals surface area contributed by atoms with Gasteiger partial charge in [-0.15, -0.1) is 11.3 Å². The lowest BCUT2D eigenvalue weighted by Gasteiger charge is -2.15. The molecule has 0 N–H and O–H groups in total. The van der Waals surface area contributed by atoms with Gasteiger partial charge in [0.15, 0.2) is 17.5 Å². The molecular weight excluding hydrogens is 859 g/mol. The van der Waals surface area contributed by atoms with Crippen LogP contribution in [0, 0.1) is 0 Å². The molecule has 4 aromatic heterocycles. The van der Waals surface area contributed by atoms with Crippen molar-refractivity contribution in [3.05, 3.63) is 237 Å². The number of rotatable bonds is 7. The highest BCUT2D eigenvalue weighted by Crippen LogP contribution is 2.45. The maximum Gasteiger partial charge on any atom is 0.166 e. The summed E-state index contributed by atoms with van der Waals surface area (Å²) in [6, 6.07) is 84.4. The van der Waals surface area contributed by atoms with E-state index in [2.05, 4.69) is 240 Å². The predicted octanol–water partition coefficient (Wildman–Crippen LogP) is 16.8. The molecule has 14 rings (SSSR count). The van der Waals surface area contributed by atoms with E-state index in [9.17, 15) is 0 Å². The second kappa shape index (κ2) is 15.8. The van der Waals surface area contributed by atoms with Crippen LogP contribution in [-0.4, -0.2) is 24.1 Å². The highest BCUT2D eigenvalue weighted by Gasteiger charge is 2.24. The van der Waals surface area contributed by atoms with Crippen molar-refractivity contribution >= 4 is 75.1 Å². The second-order valence-corrected chi connectivity index (χ2v) is 18.6. The molecule has 0 saturated carbocycles. The van der Waals surface area contributed by atoms with Crippen LogP contribution in [0.25, 0.3) is 132 Å². The number of para-hydroxylation sites is 4. The molecule has 0 radical (unpaired) electrons. The minimum atomic E-state index is 0.604. The van der Waals surface area contributed by atoms with Crippen molar-refractivity contribution in [3.8, 4) is 67.8 Å². The lowest BCUT2D eigenvalue weighted by molar-refractivity contribution is 1.07. The predicted molar refractivity (Wildman–Crippen MR) is 289 cm³/mol. The van der Waals surface area contributed by atoms with Gasteiger partial charge in [0, 0.05) is 64.1 Å². The Morgan fingerprint density at radius 1 is 0.290 bits per heavy atom. The van der Waals surface area contributed by atoms with Crippen molar-refractivity contribution in [1.29, 1.82) is 0 Å². The van der Waals surface area contributed by atoms with Gasteiger partial charge in [-0.05, 0) is 89.0 Å². The maximum absolute atomic E-state index is 5.47. The van der Waals surface area contributed by atoms with E-state index in [1.54, 1.807) is 11.3 Å². The second-order valence-electron chi connectivity index (χ2n) is 17.5. The fourth-order valence-electron chi connectivity index (χ4n) is 10.6. The molecule has 69 heavy (non-hydrogen) atoms. The van der Waals surface area contributed by atoms with Crippen LogP contribution < -0.4 is 0 Å². The van der Waals surface area contributed by atoms with Gasteiger partial charge in [-0.3, -0.25) is 0 Å². The highest BCUT2D eigenvalue weighted by molar-refractivity contribution is 7.25. The van der Waals surface area contributed by atoms with Gasteiger partial charge in [0.25, 0.3) is 0 Å². The molecule has 0 unspecified atom stereocenters. The van der Waals surface area contributed by atoms with E-state index in [4.69, 9.17) is 15.0 Å². The summed E-state index contributed by atoms with van der Waals surface area (Å²) >= 11 is 1.80. The molecule has 10 aromatic carbocycles. The smallest absolute Gasteiger partial charge is 0.166 e. The number of aromatic nitrogens is 5. The van der Waals surface area contributed by atoms with Crippen LogP contribution in [0.1, 0.15) is 0 Å². The molecular formula is C63H39N5S. The van der Waals surface area contributed by atoms with Gasteiger partial charge < -0.3 is 9.13 Å². The van der Waals surface area contributed by atoms with Crippen molar-refractivity contribution in [1.82, 2.24) is 24.1 Å². The van der Waals surface area contributed by atoms with Gasteiger partial charge >= 0.3 is 0 Å². The molecule has 4 heterocycles. The Balaban J connectivity index is 1.01. The summed E-state index contributed by atoms with van der Waals surface area (Å²) in [4.78, 5) is 16.2. The third-order valence-electron chi connectivity index (χ3n) is 13.6. The number of nitrogens with zero attached hydrogens (tertiary/aromatic N) is 5. The number of fused-ring (bicyclic) bond motifs is 9. The number of benzene rings is 10. The average Bonchev–Trinajstić information content (AvgIpc) is 4.09. The van der Waals surface area contributed by atoms with Crippen molar-refractivity contribution in [2.75, 3.05) is 0 Å². The Labute approximate surface area is 401 Å². The zero-order valence-corrected chi connectivity index (χ0v) is 38.0. The molecule has 0 aliphatic heterocycles. The summed E-state index contributed by atoms with van der Waals surface area (Å²) in [6.07, 6.45) is 0. The fraction of sp³-hybridized carbons (Fsp3) is 0. The molecule has 5 nitrogen and oxygen atoms in total.